The molecule has 0 bridgehead atoms. The van der Waals surface area contributed by atoms with E-state index in [2.05, 4.69) is 4.72 Å². The third-order valence-corrected chi connectivity index (χ3v) is 4.91. The van der Waals surface area contributed by atoms with Crippen LogP contribution in [-0.2, 0) is 10.0 Å². The van der Waals surface area contributed by atoms with Crippen LogP contribution in [0.15, 0.2) is 41.3 Å². The highest BCUT2D eigenvalue weighted by atomic mass is 35.5. The number of nitrogens with one attached hydrogen (secondary N) is 1. The first-order valence-electron chi connectivity index (χ1n) is 5.75. The maximum absolute atomic E-state index is 12.4. The van der Waals surface area contributed by atoms with Crippen molar-refractivity contribution in [1.29, 1.82) is 0 Å². The molecule has 0 unspecified atom stereocenters. The molecule has 0 radical (unpaired) electrons. The Labute approximate surface area is 132 Å². The molecule has 3 N–H and O–H groups in total. The minimum atomic E-state index is -3.94. The molecule has 0 aliphatic heterocycles. The van der Waals surface area contributed by atoms with Crippen LogP contribution in [-0.4, -0.2) is 15.5 Å². The molecule has 0 aliphatic rings. The molecule has 5 nitrogen and oxygen atoms in total. The summed E-state index contributed by atoms with van der Waals surface area (Å²) in [4.78, 5) is -0.220. The molecule has 0 heterocycles. The largest absolute Gasteiger partial charge is 0.497 e. The molecule has 112 valence electrons. The van der Waals surface area contributed by atoms with Crippen molar-refractivity contribution in [1.82, 2.24) is 0 Å². The number of nitrogen functional groups attached to an aromatic ring is 1. The zero-order chi connectivity index (χ0) is 15.6. The van der Waals surface area contributed by atoms with Gasteiger partial charge in [-0.25, -0.2) is 8.42 Å². The summed E-state index contributed by atoms with van der Waals surface area (Å²) in [6.07, 6.45) is 0. The predicted octanol–water partition coefficient (Wildman–Crippen LogP) is 3.39. The van der Waals surface area contributed by atoms with Gasteiger partial charge in [-0.05, 0) is 24.3 Å². The van der Waals surface area contributed by atoms with Gasteiger partial charge in [0.05, 0.1) is 22.8 Å². The van der Waals surface area contributed by atoms with Gasteiger partial charge in [-0.1, -0.05) is 29.3 Å². The summed E-state index contributed by atoms with van der Waals surface area (Å²) in [5, 5.41) is -0.0919. The highest BCUT2D eigenvalue weighted by Gasteiger charge is 2.22. The molecule has 0 saturated heterocycles. The van der Waals surface area contributed by atoms with E-state index < -0.39 is 10.0 Å². The standard InChI is InChI=1S/C13H12Cl2N2O3S/c1-20-10-4-2-3-9(7-10)17-21(18,19)13-11(14)5-8(16)6-12(13)15/h2-7,17H,16H2,1H3. The third kappa shape index (κ3) is 3.53. The first-order chi connectivity index (χ1) is 9.83. The van der Waals surface area contributed by atoms with E-state index in [1.165, 1.54) is 25.3 Å². The number of halogens is 2. The van der Waals surface area contributed by atoms with Gasteiger partial charge in [0.15, 0.2) is 0 Å². The van der Waals surface area contributed by atoms with Crippen molar-refractivity contribution >= 4 is 44.6 Å². The fourth-order valence-electron chi connectivity index (χ4n) is 1.73. The Kier molecular flexibility index (Phi) is 4.51. The van der Waals surface area contributed by atoms with Gasteiger partial charge in [0.2, 0.25) is 0 Å². The molecule has 0 aromatic heterocycles. The lowest BCUT2D eigenvalue weighted by Gasteiger charge is -2.12. The summed E-state index contributed by atoms with van der Waals surface area (Å²) in [7, 11) is -2.45. The summed E-state index contributed by atoms with van der Waals surface area (Å²) >= 11 is 11.9. The molecule has 0 saturated carbocycles. The minimum absolute atomic E-state index is 0.0459. The Morgan fingerprint density at radius 1 is 1.14 bits per heavy atom. The van der Waals surface area contributed by atoms with E-state index in [9.17, 15) is 8.42 Å². The maximum atomic E-state index is 12.4. The highest BCUT2D eigenvalue weighted by Crippen LogP contribution is 2.33. The van der Waals surface area contributed by atoms with Crippen molar-refractivity contribution in [2.75, 3.05) is 17.6 Å². The Balaban J connectivity index is 2.43. The first-order valence-corrected chi connectivity index (χ1v) is 7.99. The lowest BCUT2D eigenvalue weighted by atomic mass is 10.3. The van der Waals surface area contributed by atoms with Gasteiger partial charge in [-0.3, -0.25) is 4.72 Å². The molecule has 2 aromatic carbocycles. The van der Waals surface area contributed by atoms with E-state index in [1.807, 2.05) is 0 Å². The lowest BCUT2D eigenvalue weighted by molar-refractivity contribution is 0.415. The molecule has 0 amide bonds. The second-order valence-electron chi connectivity index (χ2n) is 4.15. The lowest BCUT2D eigenvalue weighted by Crippen LogP contribution is -2.14. The van der Waals surface area contributed by atoms with Crippen LogP contribution in [0.4, 0.5) is 11.4 Å². The number of sulfonamides is 1. The van der Waals surface area contributed by atoms with Crippen LogP contribution in [0.25, 0.3) is 0 Å². The highest BCUT2D eigenvalue weighted by molar-refractivity contribution is 7.93. The number of rotatable bonds is 4. The first kappa shape index (κ1) is 15.8. The summed E-state index contributed by atoms with van der Waals surface area (Å²) in [5.74, 6) is 0.518. The Morgan fingerprint density at radius 3 is 2.33 bits per heavy atom. The Bertz CT molecular complexity index is 756. The predicted molar refractivity (Wildman–Crippen MR) is 84.7 cm³/mol. The van der Waals surface area contributed by atoms with Crippen LogP contribution in [0.2, 0.25) is 10.0 Å². The third-order valence-electron chi connectivity index (χ3n) is 2.61. The molecule has 2 aromatic rings. The Hall–Kier alpha value is -1.63. The molecular weight excluding hydrogens is 335 g/mol. The number of methoxy groups -OCH3 is 1. The monoisotopic (exact) mass is 346 g/mol. The molecule has 0 fully saturated rings. The SMILES string of the molecule is COc1cccc(NS(=O)(=O)c2c(Cl)cc(N)cc2Cl)c1. The van der Waals surface area contributed by atoms with Crippen LogP contribution in [0.3, 0.4) is 0 Å². The second-order valence-corrected chi connectivity index (χ2v) is 6.58. The quantitative estimate of drug-likeness (QED) is 0.831. The average molecular weight is 347 g/mol. The van der Waals surface area contributed by atoms with Gasteiger partial charge < -0.3 is 10.5 Å². The van der Waals surface area contributed by atoms with Gasteiger partial charge >= 0.3 is 0 Å². The summed E-state index contributed by atoms with van der Waals surface area (Å²) in [6, 6.07) is 9.13. The Morgan fingerprint density at radius 2 is 1.76 bits per heavy atom. The van der Waals surface area contributed by atoms with Gasteiger partial charge in [0.25, 0.3) is 10.0 Å². The van der Waals surface area contributed by atoms with Crippen molar-refractivity contribution in [3.63, 3.8) is 0 Å². The average Bonchev–Trinajstić information content (AvgIpc) is 2.36. The fraction of sp³-hybridized carbons (Fsp3) is 0.0769. The van der Waals surface area contributed by atoms with E-state index >= 15 is 0 Å². The van der Waals surface area contributed by atoms with Crippen LogP contribution >= 0.6 is 23.2 Å². The molecule has 8 heteroatoms. The van der Waals surface area contributed by atoms with Crippen LogP contribution < -0.4 is 15.2 Å². The molecule has 21 heavy (non-hydrogen) atoms. The number of benzene rings is 2. The molecule has 0 spiro atoms. The van der Waals surface area contributed by atoms with Gasteiger partial charge in [-0.2, -0.15) is 0 Å². The van der Waals surface area contributed by atoms with E-state index in [0.29, 0.717) is 11.4 Å². The summed E-state index contributed by atoms with van der Waals surface area (Å²) in [5.41, 5.74) is 6.18. The minimum Gasteiger partial charge on any atom is -0.497 e. The van der Waals surface area contributed by atoms with Crippen molar-refractivity contribution < 1.29 is 13.2 Å². The zero-order valence-electron chi connectivity index (χ0n) is 10.9. The molecular formula is C13H12Cl2N2O3S. The molecule has 0 atom stereocenters. The number of hydrogen-bond donors (Lipinski definition) is 2. The van der Waals surface area contributed by atoms with E-state index in [0.717, 1.165) is 0 Å². The summed E-state index contributed by atoms with van der Waals surface area (Å²) in [6.45, 7) is 0. The number of hydrogen-bond acceptors (Lipinski definition) is 4. The van der Waals surface area contributed by atoms with Gasteiger partial charge in [0.1, 0.15) is 10.6 Å². The molecule has 2 rings (SSSR count). The van der Waals surface area contributed by atoms with Gasteiger partial charge in [-0.15, -0.1) is 0 Å². The van der Waals surface area contributed by atoms with Crippen molar-refractivity contribution in [3.8, 4) is 5.75 Å². The van der Waals surface area contributed by atoms with Crippen molar-refractivity contribution in [3.05, 3.63) is 46.4 Å². The maximum Gasteiger partial charge on any atom is 0.264 e. The van der Waals surface area contributed by atoms with E-state index in [-0.39, 0.29) is 20.6 Å². The normalized spacial score (nSPS) is 11.2. The topological polar surface area (TPSA) is 81.4 Å². The zero-order valence-corrected chi connectivity index (χ0v) is 13.3. The number of ether oxygens (including phenoxy) is 1. The molecule has 0 aliphatic carbocycles. The number of anilines is 2. The van der Waals surface area contributed by atoms with Crippen molar-refractivity contribution in [2.45, 2.75) is 4.90 Å². The van der Waals surface area contributed by atoms with E-state index in [4.69, 9.17) is 33.7 Å². The summed E-state index contributed by atoms with van der Waals surface area (Å²) < 4.78 is 32.2. The fourth-order valence-corrected chi connectivity index (χ4v) is 4.01. The number of nitrogens with two attached hydrogens (primary N) is 1. The van der Waals surface area contributed by atoms with Crippen LogP contribution in [0, 0.1) is 0 Å². The van der Waals surface area contributed by atoms with Crippen LogP contribution in [0.1, 0.15) is 0 Å². The second kappa shape index (κ2) is 6.01. The van der Waals surface area contributed by atoms with E-state index in [1.54, 1.807) is 18.2 Å². The van der Waals surface area contributed by atoms with Gasteiger partial charge in [0, 0.05) is 11.8 Å². The van der Waals surface area contributed by atoms with Crippen LogP contribution in [0.5, 0.6) is 5.75 Å². The smallest absolute Gasteiger partial charge is 0.264 e. The van der Waals surface area contributed by atoms with Crippen molar-refractivity contribution in [2.24, 2.45) is 0 Å².